The first-order valence-electron chi connectivity index (χ1n) is 8.73. The second kappa shape index (κ2) is 8.61. The zero-order chi connectivity index (χ0) is 19.3. The molecule has 26 heavy (non-hydrogen) atoms. The highest BCUT2D eigenvalue weighted by atomic mass is 19.1. The molecule has 0 fully saturated rings. The molecule has 0 bridgehead atoms. The standard InChI is InChI=1S/C21H25FN2O2/c1-14(2)17-9-7-8-15(3)21(17)24(16(4)25)13-12-20(26)23-19-11-6-5-10-18(19)22/h5-11,14H,12-13H2,1-4H3,(H,23,26). The highest BCUT2D eigenvalue weighted by molar-refractivity contribution is 5.96. The molecule has 2 aromatic rings. The third kappa shape index (κ3) is 4.69. The first-order valence-corrected chi connectivity index (χ1v) is 8.73. The molecule has 4 nitrogen and oxygen atoms in total. The number of carbonyl (C=O) groups excluding carboxylic acids is 2. The smallest absolute Gasteiger partial charge is 0.226 e. The summed E-state index contributed by atoms with van der Waals surface area (Å²) in [6.45, 7) is 7.82. The molecule has 138 valence electrons. The van der Waals surface area contributed by atoms with E-state index in [-0.39, 0.29) is 36.4 Å². The number of carbonyl (C=O) groups is 2. The Labute approximate surface area is 154 Å². The van der Waals surface area contributed by atoms with E-state index in [1.54, 1.807) is 17.0 Å². The van der Waals surface area contributed by atoms with Gasteiger partial charge in [0, 0.05) is 25.6 Å². The number of hydrogen-bond acceptors (Lipinski definition) is 2. The molecule has 0 heterocycles. The van der Waals surface area contributed by atoms with Gasteiger partial charge in [-0.3, -0.25) is 9.59 Å². The van der Waals surface area contributed by atoms with Gasteiger partial charge in [0.1, 0.15) is 5.82 Å². The molecule has 0 saturated carbocycles. The number of nitrogens with zero attached hydrogens (tertiary/aromatic N) is 1. The molecule has 5 heteroatoms. The van der Waals surface area contributed by atoms with Crippen LogP contribution < -0.4 is 10.2 Å². The minimum absolute atomic E-state index is 0.0831. The minimum Gasteiger partial charge on any atom is -0.324 e. The molecule has 0 aliphatic heterocycles. The fraction of sp³-hybridized carbons (Fsp3) is 0.333. The van der Waals surface area contributed by atoms with Gasteiger partial charge < -0.3 is 10.2 Å². The van der Waals surface area contributed by atoms with Crippen molar-refractivity contribution in [3.63, 3.8) is 0 Å². The fourth-order valence-electron chi connectivity index (χ4n) is 2.93. The summed E-state index contributed by atoms with van der Waals surface area (Å²) < 4.78 is 13.7. The first kappa shape index (κ1) is 19.6. The third-order valence-electron chi connectivity index (χ3n) is 4.25. The van der Waals surface area contributed by atoms with Gasteiger partial charge in [0.15, 0.2) is 0 Å². The van der Waals surface area contributed by atoms with Crippen molar-refractivity contribution in [2.75, 3.05) is 16.8 Å². The summed E-state index contributed by atoms with van der Waals surface area (Å²) in [6, 6.07) is 11.9. The lowest BCUT2D eigenvalue weighted by Crippen LogP contribution is -2.33. The van der Waals surface area contributed by atoms with Gasteiger partial charge in [0.05, 0.1) is 5.69 Å². The molecular formula is C21H25FN2O2. The molecule has 2 aromatic carbocycles. The zero-order valence-electron chi connectivity index (χ0n) is 15.7. The van der Waals surface area contributed by atoms with E-state index in [2.05, 4.69) is 19.2 Å². The van der Waals surface area contributed by atoms with Crippen LogP contribution in [0, 0.1) is 12.7 Å². The van der Waals surface area contributed by atoms with Crippen LogP contribution in [-0.4, -0.2) is 18.4 Å². The van der Waals surface area contributed by atoms with Crippen LogP contribution in [0.3, 0.4) is 0 Å². The zero-order valence-corrected chi connectivity index (χ0v) is 15.7. The minimum atomic E-state index is -0.481. The van der Waals surface area contributed by atoms with Crippen LogP contribution in [0.2, 0.25) is 0 Å². The van der Waals surface area contributed by atoms with Gasteiger partial charge in [-0.2, -0.15) is 0 Å². The second-order valence-electron chi connectivity index (χ2n) is 6.62. The van der Waals surface area contributed by atoms with E-state index in [1.165, 1.54) is 19.1 Å². The van der Waals surface area contributed by atoms with Crippen LogP contribution in [0.25, 0.3) is 0 Å². The van der Waals surface area contributed by atoms with Crippen molar-refractivity contribution in [1.82, 2.24) is 0 Å². The molecule has 0 aliphatic rings. The van der Waals surface area contributed by atoms with E-state index in [0.717, 1.165) is 16.8 Å². The van der Waals surface area contributed by atoms with Gasteiger partial charge in [0.25, 0.3) is 0 Å². The predicted octanol–water partition coefficient (Wildman–Crippen LogP) is 4.64. The topological polar surface area (TPSA) is 49.4 Å². The van der Waals surface area contributed by atoms with Crippen LogP contribution in [0.5, 0.6) is 0 Å². The van der Waals surface area contributed by atoms with Crippen molar-refractivity contribution < 1.29 is 14.0 Å². The number of nitrogens with one attached hydrogen (secondary N) is 1. The Kier molecular flexibility index (Phi) is 6.50. The number of anilines is 2. The van der Waals surface area contributed by atoms with Crippen LogP contribution in [0.4, 0.5) is 15.8 Å². The summed E-state index contributed by atoms with van der Waals surface area (Å²) in [6.07, 6.45) is 0.0831. The van der Waals surface area contributed by atoms with Crippen molar-refractivity contribution in [2.45, 2.75) is 40.0 Å². The predicted molar refractivity (Wildman–Crippen MR) is 103 cm³/mol. The van der Waals surface area contributed by atoms with Gasteiger partial charge in [0.2, 0.25) is 11.8 Å². The number of para-hydroxylation sites is 2. The van der Waals surface area contributed by atoms with E-state index in [9.17, 15) is 14.0 Å². The normalized spacial score (nSPS) is 10.7. The average Bonchev–Trinajstić information content (AvgIpc) is 2.57. The van der Waals surface area contributed by atoms with E-state index in [0.29, 0.717) is 0 Å². The van der Waals surface area contributed by atoms with E-state index in [1.807, 2.05) is 25.1 Å². The number of aryl methyl sites for hydroxylation is 1. The van der Waals surface area contributed by atoms with Gasteiger partial charge in [-0.25, -0.2) is 4.39 Å². The highest BCUT2D eigenvalue weighted by Gasteiger charge is 2.20. The highest BCUT2D eigenvalue weighted by Crippen LogP contribution is 2.31. The van der Waals surface area contributed by atoms with Crippen molar-refractivity contribution in [3.05, 3.63) is 59.4 Å². The molecular weight excluding hydrogens is 331 g/mol. The molecule has 0 spiro atoms. The third-order valence-corrected chi connectivity index (χ3v) is 4.25. The van der Waals surface area contributed by atoms with E-state index in [4.69, 9.17) is 0 Å². The summed E-state index contributed by atoms with van der Waals surface area (Å²) in [5, 5.41) is 2.56. The van der Waals surface area contributed by atoms with Crippen LogP contribution >= 0.6 is 0 Å². The molecule has 0 aliphatic carbocycles. The molecule has 0 atom stereocenters. The van der Waals surface area contributed by atoms with Crippen LogP contribution in [0.15, 0.2) is 42.5 Å². The van der Waals surface area contributed by atoms with Crippen molar-refractivity contribution in [1.29, 1.82) is 0 Å². The Hall–Kier alpha value is -2.69. The number of hydrogen-bond donors (Lipinski definition) is 1. The molecule has 1 N–H and O–H groups in total. The van der Waals surface area contributed by atoms with Crippen LogP contribution in [0.1, 0.15) is 44.2 Å². The van der Waals surface area contributed by atoms with Gasteiger partial charge in [-0.1, -0.05) is 44.2 Å². The Morgan fingerprint density at radius 2 is 1.81 bits per heavy atom. The summed E-state index contributed by atoms with van der Waals surface area (Å²) in [5.41, 5.74) is 3.05. The molecule has 0 radical (unpaired) electrons. The number of halogens is 1. The lowest BCUT2D eigenvalue weighted by atomic mass is 9.97. The Balaban J connectivity index is 2.16. The maximum absolute atomic E-state index is 13.7. The van der Waals surface area contributed by atoms with Crippen LogP contribution in [-0.2, 0) is 9.59 Å². The average molecular weight is 356 g/mol. The lowest BCUT2D eigenvalue weighted by Gasteiger charge is -2.27. The monoisotopic (exact) mass is 356 g/mol. The molecule has 0 unspecified atom stereocenters. The summed E-state index contributed by atoms with van der Waals surface area (Å²) in [7, 11) is 0. The second-order valence-corrected chi connectivity index (χ2v) is 6.62. The van der Waals surface area contributed by atoms with Crippen molar-refractivity contribution >= 4 is 23.2 Å². The SMILES string of the molecule is CC(=O)N(CCC(=O)Nc1ccccc1F)c1c(C)cccc1C(C)C. The lowest BCUT2D eigenvalue weighted by molar-refractivity contribution is -0.117. The summed E-state index contributed by atoms with van der Waals surface area (Å²) in [5.74, 6) is -0.690. The van der Waals surface area contributed by atoms with Gasteiger partial charge in [-0.05, 0) is 36.1 Å². The van der Waals surface area contributed by atoms with Gasteiger partial charge >= 0.3 is 0 Å². The first-order chi connectivity index (χ1) is 12.3. The van der Waals surface area contributed by atoms with Crippen molar-refractivity contribution in [2.24, 2.45) is 0 Å². The fourth-order valence-corrected chi connectivity index (χ4v) is 2.93. The summed E-state index contributed by atoms with van der Waals surface area (Å²) in [4.78, 5) is 26.1. The Bertz CT molecular complexity index is 802. The maximum Gasteiger partial charge on any atom is 0.226 e. The molecule has 2 rings (SSSR count). The number of benzene rings is 2. The summed E-state index contributed by atoms with van der Waals surface area (Å²) >= 11 is 0. The quantitative estimate of drug-likeness (QED) is 0.820. The van der Waals surface area contributed by atoms with Gasteiger partial charge in [-0.15, -0.1) is 0 Å². The number of rotatable bonds is 6. The van der Waals surface area contributed by atoms with E-state index < -0.39 is 5.82 Å². The molecule has 0 aromatic heterocycles. The number of amides is 2. The largest absolute Gasteiger partial charge is 0.324 e. The molecule has 0 saturated heterocycles. The Morgan fingerprint density at radius 1 is 1.12 bits per heavy atom. The Morgan fingerprint density at radius 3 is 2.42 bits per heavy atom. The van der Waals surface area contributed by atoms with Crippen molar-refractivity contribution in [3.8, 4) is 0 Å². The molecule has 2 amide bonds. The maximum atomic E-state index is 13.7. The van der Waals surface area contributed by atoms with E-state index >= 15 is 0 Å².